The summed E-state index contributed by atoms with van der Waals surface area (Å²) in [4.78, 5) is 58.5. The molecule has 10 nitrogen and oxygen atoms in total. The molecular formula is C21H33N4O6P. The maximum absolute atomic E-state index is 13.3. The van der Waals surface area contributed by atoms with Crippen LogP contribution in [0.2, 0.25) is 0 Å². The standard InChI is InChI=1S/C21H33N4O6P/c1-15(26)23-17(14-16-8-3-2-4-9-16)21(28)25-13-7-10-18(25)20(27)24-19(32(29,30)31)11-5-6-12-22/h2-4,8-9,17-19H,5-7,10-14,22H2,1H3,(H,23,26)(H,24,27)(H2,29,30,31)/t17-,18+,19?/m1/s1. The van der Waals surface area contributed by atoms with Gasteiger partial charge in [0, 0.05) is 19.9 Å². The maximum Gasteiger partial charge on any atom is 0.347 e. The first-order chi connectivity index (χ1) is 15.1. The number of nitrogens with two attached hydrogens (primary N) is 1. The van der Waals surface area contributed by atoms with E-state index in [4.69, 9.17) is 5.73 Å². The molecule has 3 atom stereocenters. The number of benzene rings is 1. The third-order valence-electron chi connectivity index (χ3n) is 5.44. The Morgan fingerprint density at radius 2 is 1.88 bits per heavy atom. The quantitative estimate of drug-likeness (QED) is 0.233. The summed E-state index contributed by atoms with van der Waals surface area (Å²) in [7, 11) is -4.57. The normalized spacial score (nSPS) is 18.1. The maximum atomic E-state index is 13.3. The first kappa shape index (κ1) is 26.0. The van der Waals surface area contributed by atoms with E-state index in [0.717, 1.165) is 5.56 Å². The predicted molar refractivity (Wildman–Crippen MR) is 119 cm³/mol. The number of nitrogens with one attached hydrogen (secondary N) is 2. The summed E-state index contributed by atoms with van der Waals surface area (Å²) in [6.45, 7) is 2.04. The highest BCUT2D eigenvalue weighted by Crippen LogP contribution is 2.42. The van der Waals surface area contributed by atoms with Gasteiger partial charge in [0.25, 0.3) is 0 Å². The van der Waals surface area contributed by atoms with Crippen LogP contribution in [0.25, 0.3) is 0 Å². The molecule has 1 aliphatic heterocycles. The van der Waals surface area contributed by atoms with E-state index in [1.54, 1.807) is 0 Å². The number of hydrogen-bond acceptors (Lipinski definition) is 5. The summed E-state index contributed by atoms with van der Waals surface area (Å²) in [5, 5.41) is 5.11. The largest absolute Gasteiger partial charge is 0.347 e. The molecule has 0 bridgehead atoms. The van der Waals surface area contributed by atoms with E-state index in [0.29, 0.717) is 38.8 Å². The number of amides is 3. The van der Waals surface area contributed by atoms with Gasteiger partial charge in [0.1, 0.15) is 17.9 Å². The van der Waals surface area contributed by atoms with Crippen molar-refractivity contribution in [2.45, 2.75) is 63.3 Å². The summed E-state index contributed by atoms with van der Waals surface area (Å²) in [5.74, 6) is -2.67. The van der Waals surface area contributed by atoms with E-state index in [1.165, 1.54) is 11.8 Å². The Morgan fingerprint density at radius 3 is 2.47 bits per heavy atom. The average Bonchev–Trinajstić information content (AvgIpc) is 3.22. The van der Waals surface area contributed by atoms with Crippen molar-refractivity contribution in [3.63, 3.8) is 0 Å². The van der Waals surface area contributed by atoms with Crippen LogP contribution in [-0.2, 0) is 25.4 Å². The van der Waals surface area contributed by atoms with Gasteiger partial charge in [0.15, 0.2) is 0 Å². The number of hydrogen-bond donors (Lipinski definition) is 5. The van der Waals surface area contributed by atoms with Crippen LogP contribution in [0.5, 0.6) is 0 Å². The molecule has 32 heavy (non-hydrogen) atoms. The monoisotopic (exact) mass is 468 g/mol. The summed E-state index contributed by atoms with van der Waals surface area (Å²) in [6.07, 6.45) is 2.37. The molecule has 0 radical (unpaired) electrons. The fourth-order valence-corrected chi connectivity index (χ4v) is 4.68. The summed E-state index contributed by atoms with van der Waals surface area (Å²) < 4.78 is 11.8. The summed E-state index contributed by atoms with van der Waals surface area (Å²) in [6, 6.07) is 7.53. The first-order valence-corrected chi connectivity index (χ1v) is 12.5. The molecule has 1 fully saturated rings. The van der Waals surface area contributed by atoms with Gasteiger partial charge in [-0.2, -0.15) is 0 Å². The molecule has 178 valence electrons. The van der Waals surface area contributed by atoms with E-state index < -0.39 is 37.3 Å². The van der Waals surface area contributed by atoms with Gasteiger partial charge in [-0.1, -0.05) is 30.3 Å². The zero-order valence-electron chi connectivity index (χ0n) is 18.3. The Labute approximate surface area is 188 Å². The number of rotatable bonds is 11. The number of nitrogens with zero attached hydrogens (tertiary/aromatic N) is 1. The number of likely N-dealkylation sites (tertiary alicyclic amines) is 1. The molecule has 1 heterocycles. The van der Waals surface area contributed by atoms with Crippen LogP contribution < -0.4 is 16.4 Å². The second-order valence-corrected chi connectivity index (χ2v) is 9.83. The summed E-state index contributed by atoms with van der Waals surface area (Å²) in [5.41, 5.74) is 6.30. The predicted octanol–water partition coefficient (Wildman–Crippen LogP) is 0.474. The lowest BCUT2D eigenvalue weighted by Gasteiger charge is -2.30. The Morgan fingerprint density at radius 1 is 1.19 bits per heavy atom. The molecular weight excluding hydrogens is 435 g/mol. The van der Waals surface area contributed by atoms with Gasteiger partial charge in [0.2, 0.25) is 17.7 Å². The van der Waals surface area contributed by atoms with Crippen molar-refractivity contribution in [2.24, 2.45) is 5.73 Å². The number of carbonyl (C=O) groups excluding carboxylic acids is 3. The zero-order chi connectivity index (χ0) is 23.7. The Bertz CT molecular complexity index is 831. The minimum Gasteiger partial charge on any atom is -0.344 e. The SMILES string of the molecule is CC(=O)N[C@H](Cc1ccccc1)C(=O)N1CCC[C@H]1C(=O)NC(CCCCN)P(=O)(O)O. The molecule has 1 saturated heterocycles. The fraction of sp³-hybridized carbons (Fsp3) is 0.571. The topological polar surface area (TPSA) is 162 Å². The van der Waals surface area contributed by atoms with Gasteiger partial charge in [0.05, 0.1) is 0 Å². The minimum atomic E-state index is -4.57. The van der Waals surface area contributed by atoms with Crippen molar-refractivity contribution in [3.05, 3.63) is 35.9 Å². The molecule has 2 rings (SSSR count). The van der Waals surface area contributed by atoms with Crippen molar-refractivity contribution in [1.29, 1.82) is 0 Å². The Hall–Kier alpha value is -2.26. The van der Waals surface area contributed by atoms with Crippen LogP contribution in [0.4, 0.5) is 0 Å². The van der Waals surface area contributed by atoms with Crippen molar-refractivity contribution >= 4 is 25.3 Å². The Kier molecular flexibility index (Phi) is 9.84. The van der Waals surface area contributed by atoms with Gasteiger partial charge in [-0.15, -0.1) is 0 Å². The molecule has 0 saturated carbocycles. The van der Waals surface area contributed by atoms with Gasteiger partial charge >= 0.3 is 7.60 Å². The molecule has 6 N–H and O–H groups in total. The molecule has 0 aromatic heterocycles. The smallest absolute Gasteiger partial charge is 0.344 e. The van der Waals surface area contributed by atoms with Crippen LogP contribution in [0.1, 0.15) is 44.6 Å². The van der Waals surface area contributed by atoms with E-state index in [2.05, 4.69) is 10.6 Å². The number of carbonyl (C=O) groups is 3. The molecule has 1 unspecified atom stereocenters. The highest BCUT2D eigenvalue weighted by molar-refractivity contribution is 7.52. The van der Waals surface area contributed by atoms with E-state index in [9.17, 15) is 28.7 Å². The highest BCUT2D eigenvalue weighted by Gasteiger charge is 2.40. The van der Waals surface area contributed by atoms with Crippen LogP contribution in [-0.4, -0.2) is 63.4 Å². The third-order valence-corrected chi connectivity index (χ3v) is 6.64. The van der Waals surface area contributed by atoms with Crippen molar-refractivity contribution in [1.82, 2.24) is 15.5 Å². The molecule has 0 spiro atoms. The molecule has 0 aliphatic carbocycles. The number of unbranched alkanes of at least 4 members (excludes halogenated alkanes) is 1. The lowest BCUT2D eigenvalue weighted by molar-refractivity contribution is -0.141. The summed E-state index contributed by atoms with van der Waals surface area (Å²) >= 11 is 0. The molecule has 3 amide bonds. The van der Waals surface area contributed by atoms with Crippen LogP contribution in [0, 0.1) is 0 Å². The highest BCUT2D eigenvalue weighted by atomic mass is 31.2. The lowest BCUT2D eigenvalue weighted by atomic mass is 10.0. The van der Waals surface area contributed by atoms with Gasteiger partial charge < -0.3 is 31.1 Å². The lowest BCUT2D eigenvalue weighted by Crippen LogP contribution is -2.54. The van der Waals surface area contributed by atoms with Crippen molar-refractivity contribution in [2.75, 3.05) is 13.1 Å². The van der Waals surface area contributed by atoms with Crippen LogP contribution >= 0.6 is 7.60 Å². The first-order valence-electron chi connectivity index (χ1n) is 10.8. The van der Waals surface area contributed by atoms with E-state index >= 15 is 0 Å². The van der Waals surface area contributed by atoms with Crippen LogP contribution in [0.15, 0.2) is 30.3 Å². The fourth-order valence-electron chi connectivity index (χ4n) is 3.87. The van der Waals surface area contributed by atoms with Gasteiger partial charge in [-0.25, -0.2) is 0 Å². The minimum absolute atomic E-state index is 0.0937. The molecule has 11 heteroatoms. The van der Waals surface area contributed by atoms with Crippen LogP contribution in [0.3, 0.4) is 0 Å². The Balaban J connectivity index is 2.13. The molecule has 1 aliphatic rings. The second kappa shape index (κ2) is 12.1. The second-order valence-electron chi connectivity index (χ2n) is 8.03. The van der Waals surface area contributed by atoms with E-state index in [-0.39, 0.29) is 18.7 Å². The van der Waals surface area contributed by atoms with Crippen molar-refractivity contribution in [3.8, 4) is 0 Å². The molecule has 1 aromatic carbocycles. The van der Waals surface area contributed by atoms with E-state index in [1.807, 2.05) is 30.3 Å². The molecule has 1 aromatic rings. The van der Waals surface area contributed by atoms with Crippen molar-refractivity contribution < 1.29 is 28.7 Å². The third kappa shape index (κ3) is 7.70. The van der Waals surface area contributed by atoms with Gasteiger partial charge in [-0.05, 0) is 44.2 Å². The van der Waals surface area contributed by atoms with Gasteiger partial charge in [-0.3, -0.25) is 18.9 Å². The zero-order valence-corrected chi connectivity index (χ0v) is 19.2. The average molecular weight is 468 g/mol.